The van der Waals surface area contributed by atoms with Crippen LogP contribution < -0.4 is 0 Å². The summed E-state index contributed by atoms with van der Waals surface area (Å²) in [5, 5.41) is 0. The smallest absolute Gasteiger partial charge is 0.320 e. The van der Waals surface area contributed by atoms with Crippen molar-refractivity contribution in [1.82, 2.24) is 14.7 Å². The third-order valence-electron chi connectivity index (χ3n) is 4.33. The number of urea groups is 1. The summed E-state index contributed by atoms with van der Waals surface area (Å²) in [5.41, 5.74) is 1.34. The molecular formula is C16H23N3O2. The van der Waals surface area contributed by atoms with Gasteiger partial charge in [0.2, 0.25) is 0 Å². The second kappa shape index (κ2) is 6.45. The topological polar surface area (TPSA) is 36.0 Å². The summed E-state index contributed by atoms with van der Waals surface area (Å²) in [6.07, 6.45) is 0. The standard InChI is InChI=1S/C16H23N3O2/c1-21-10-9-18-13-15-12-17(7-8-19(15)16(18)20)11-14-5-3-2-4-6-14/h2-6,15H,7-13H2,1H3/t15-/m1/s1. The zero-order valence-electron chi connectivity index (χ0n) is 12.6. The van der Waals surface area contributed by atoms with E-state index < -0.39 is 0 Å². The van der Waals surface area contributed by atoms with Gasteiger partial charge in [-0.05, 0) is 5.56 Å². The van der Waals surface area contributed by atoms with E-state index >= 15 is 0 Å². The van der Waals surface area contributed by atoms with E-state index in [1.165, 1.54) is 5.56 Å². The monoisotopic (exact) mass is 289 g/mol. The molecule has 0 aromatic heterocycles. The molecule has 0 spiro atoms. The van der Waals surface area contributed by atoms with Crippen LogP contribution in [0.25, 0.3) is 0 Å². The molecule has 1 aromatic carbocycles. The van der Waals surface area contributed by atoms with Crippen molar-refractivity contribution < 1.29 is 9.53 Å². The van der Waals surface area contributed by atoms with E-state index in [1.54, 1.807) is 7.11 Å². The molecule has 1 aromatic rings. The van der Waals surface area contributed by atoms with Gasteiger partial charge in [-0.25, -0.2) is 4.79 Å². The number of hydrogen-bond acceptors (Lipinski definition) is 3. The number of fused-ring (bicyclic) bond motifs is 1. The van der Waals surface area contributed by atoms with Crippen molar-refractivity contribution in [3.8, 4) is 0 Å². The molecule has 0 aliphatic carbocycles. The molecule has 21 heavy (non-hydrogen) atoms. The molecule has 2 saturated heterocycles. The van der Waals surface area contributed by atoms with Gasteiger partial charge in [0.15, 0.2) is 0 Å². The predicted molar refractivity (Wildman–Crippen MR) is 81.1 cm³/mol. The van der Waals surface area contributed by atoms with Crippen molar-refractivity contribution >= 4 is 6.03 Å². The number of carbonyl (C=O) groups excluding carboxylic acids is 1. The average Bonchev–Trinajstić information content (AvgIpc) is 2.82. The molecule has 0 saturated carbocycles. The van der Waals surface area contributed by atoms with Gasteiger partial charge >= 0.3 is 6.03 Å². The molecule has 0 bridgehead atoms. The molecule has 114 valence electrons. The van der Waals surface area contributed by atoms with Gasteiger partial charge in [0.05, 0.1) is 12.6 Å². The quantitative estimate of drug-likeness (QED) is 0.818. The summed E-state index contributed by atoms with van der Waals surface area (Å²) in [5.74, 6) is 0. The number of rotatable bonds is 5. The lowest BCUT2D eigenvalue weighted by atomic mass is 10.1. The summed E-state index contributed by atoms with van der Waals surface area (Å²) in [6, 6.07) is 11.0. The summed E-state index contributed by atoms with van der Waals surface area (Å²) >= 11 is 0. The van der Waals surface area contributed by atoms with Gasteiger partial charge in [-0.15, -0.1) is 0 Å². The van der Waals surface area contributed by atoms with Crippen molar-refractivity contribution in [1.29, 1.82) is 0 Å². The first-order chi connectivity index (χ1) is 10.3. The lowest BCUT2D eigenvalue weighted by molar-refractivity contribution is 0.116. The highest BCUT2D eigenvalue weighted by molar-refractivity contribution is 5.77. The first kappa shape index (κ1) is 14.4. The van der Waals surface area contributed by atoms with Crippen LogP contribution in [-0.4, -0.2) is 73.2 Å². The fourth-order valence-corrected chi connectivity index (χ4v) is 3.22. The summed E-state index contributed by atoms with van der Waals surface area (Å²) in [4.78, 5) is 18.7. The molecule has 2 aliphatic rings. The van der Waals surface area contributed by atoms with Gasteiger partial charge in [-0.3, -0.25) is 4.90 Å². The molecule has 1 atom stereocenters. The van der Waals surface area contributed by atoms with Crippen LogP contribution in [0.1, 0.15) is 5.56 Å². The van der Waals surface area contributed by atoms with E-state index in [0.717, 1.165) is 32.7 Å². The van der Waals surface area contributed by atoms with Crippen LogP contribution in [0, 0.1) is 0 Å². The average molecular weight is 289 g/mol. The largest absolute Gasteiger partial charge is 0.383 e. The van der Waals surface area contributed by atoms with E-state index in [4.69, 9.17) is 4.74 Å². The van der Waals surface area contributed by atoms with Crippen LogP contribution in [0.15, 0.2) is 30.3 Å². The Bertz CT molecular complexity index is 480. The fraction of sp³-hybridized carbons (Fsp3) is 0.562. The van der Waals surface area contributed by atoms with Gasteiger partial charge in [0.25, 0.3) is 0 Å². The Balaban J connectivity index is 1.57. The molecule has 3 rings (SSSR count). The molecule has 5 nitrogen and oxygen atoms in total. The minimum Gasteiger partial charge on any atom is -0.383 e. The van der Waals surface area contributed by atoms with Crippen molar-refractivity contribution in [2.24, 2.45) is 0 Å². The minimum atomic E-state index is 0.177. The van der Waals surface area contributed by atoms with E-state index in [2.05, 4.69) is 29.2 Å². The SMILES string of the molecule is COCCN1C[C@H]2CN(Cc3ccccc3)CCN2C1=O. The molecule has 0 radical (unpaired) electrons. The molecule has 0 N–H and O–H groups in total. The zero-order valence-corrected chi connectivity index (χ0v) is 12.6. The van der Waals surface area contributed by atoms with Crippen LogP contribution in [0.2, 0.25) is 0 Å². The molecule has 5 heteroatoms. The maximum Gasteiger partial charge on any atom is 0.320 e. The van der Waals surface area contributed by atoms with Crippen molar-refractivity contribution in [2.45, 2.75) is 12.6 Å². The van der Waals surface area contributed by atoms with Crippen molar-refractivity contribution in [3.05, 3.63) is 35.9 Å². The highest BCUT2D eigenvalue weighted by atomic mass is 16.5. The third kappa shape index (κ3) is 3.19. The van der Waals surface area contributed by atoms with E-state index in [9.17, 15) is 4.79 Å². The van der Waals surface area contributed by atoms with Gasteiger partial charge in [0.1, 0.15) is 0 Å². The lowest BCUT2D eigenvalue weighted by Crippen LogP contribution is -2.51. The lowest BCUT2D eigenvalue weighted by Gasteiger charge is -2.36. The zero-order chi connectivity index (χ0) is 14.7. The minimum absolute atomic E-state index is 0.177. The Morgan fingerprint density at radius 1 is 1.19 bits per heavy atom. The van der Waals surface area contributed by atoms with Crippen LogP contribution in [0.5, 0.6) is 0 Å². The van der Waals surface area contributed by atoms with Crippen LogP contribution >= 0.6 is 0 Å². The van der Waals surface area contributed by atoms with E-state index in [-0.39, 0.29) is 6.03 Å². The predicted octanol–water partition coefficient (Wildman–Crippen LogP) is 1.25. The number of carbonyl (C=O) groups is 1. The summed E-state index contributed by atoms with van der Waals surface area (Å²) < 4.78 is 5.08. The van der Waals surface area contributed by atoms with Crippen molar-refractivity contribution in [3.63, 3.8) is 0 Å². The van der Waals surface area contributed by atoms with Crippen LogP contribution in [0.4, 0.5) is 4.79 Å². The van der Waals surface area contributed by atoms with Gasteiger partial charge < -0.3 is 14.5 Å². The van der Waals surface area contributed by atoms with Crippen molar-refractivity contribution in [2.75, 3.05) is 46.4 Å². The molecule has 2 heterocycles. The van der Waals surface area contributed by atoms with E-state index in [1.807, 2.05) is 15.9 Å². The summed E-state index contributed by atoms with van der Waals surface area (Å²) in [6.45, 7) is 5.85. The number of nitrogens with zero attached hydrogens (tertiary/aromatic N) is 3. The first-order valence-electron chi connectivity index (χ1n) is 7.58. The van der Waals surface area contributed by atoms with Gasteiger partial charge in [0, 0.05) is 46.4 Å². The fourth-order valence-electron chi connectivity index (χ4n) is 3.22. The number of piperazine rings is 1. The maximum atomic E-state index is 12.3. The second-order valence-electron chi connectivity index (χ2n) is 5.79. The van der Waals surface area contributed by atoms with Crippen LogP contribution in [0.3, 0.4) is 0 Å². The number of ether oxygens (including phenoxy) is 1. The Kier molecular flexibility index (Phi) is 4.41. The molecule has 2 fully saturated rings. The Morgan fingerprint density at radius 3 is 2.76 bits per heavy atom. The Hall–Kier alpha value is -1.59. The number of amides is 2. The molecule has 2 amide bonds. The highest BCUT2D eigenvalue weighted by Gasteiger charge is 2.40. The third-order valence-corrected chi connectivity index (χ3v) is 4.33. The first-order valence-corrected chi connectivity index (χ1v) is 7.58. The number of hydrogen-bond donors (Lipinski definition) is 0. The molecule has 2 aliphatic heterocycles. The molecular weight excluding hydrogens is 266 g/mol. The molecule has 0 unspecified atom stereocenters. The van der Waals surface area contributed by atoms with Gasteiger partial charge in [-0.1, -0.05) is 30.3 Å². The summed E-state index contributed by atoms with van der Waals surface area (Å²) in [7, 11) is 1.68. The second-order valence-corrected chi connectivity index (χ2v) is 5.79. The number of benzene rings is 1. The van der Waals surface area contributed by atoms with E-state index in [0.29, 0.717) is 19.2 Å². The van der Waals surface area contributed by atoms with Gasteiger partial charge in [-0.2, -0.15) is 0 Å². The highest BCUT2D eigenvalue weighted by Crippen LogP contribution is 2.21. The van der Waals surface area contributed by atoms with Crippen LogP contribution in [-0.2, 0) is 11.3 Å². The Morgan fingerprint density at radius 2 is 2.00 bits per heavy atom. The maximum absolute atomic E-state index is 12.3. The normalized spacial score (nSPS) is 22.7. The Labute approximate surface area is 126 Å². The number of methoxy groups -OCH3 is 1.